The van der Waals surface area contributed by atoms with E-state index >= 15 is 0 Å². The number of pyridine rings is 1. The minimum atomic E-state index is -0.306. The number of nitrogens with zero attached hydrogens (tertiary/aromatic N) is 2. The molecule has 0 spiro atoms. The van der Waals surface area contributed by atoms with Crippen LogP contribution in [0.4, 0.5) is 9.18 Å². The number of urea groups is 1. The summed E-state index contributed by atoms with van der Waals surface area (Å²) in [7, 11) is 1.74. The van der Waals surface area contributed by atoms with E-state index in [0.717, 1.165) is 21.9 Å². The van der Waals surface area contributed by atoms with E-state index in [2.05, 4.69) is 10.3 Å². The highest BCUT2D eigenvalue weighted by atomic mass is 19.1. The Kier molecular flexibility index (Phi) is 4.70. The monoisotopic (exact) mass is 323 g/mol. The van der Waals surface area contributed by atoms with Crippen LogP contribution in [0.3, 0.4) is 0 Å². The number of amides is 2. The maximum Gasteiger partial charge on any atom is 0.317 e. The van der Waals surface area contributed by atoms with Crippen LogP contribution in [0.2, 0.25) is 0 Å². The number of benzene rings is 2. The van der Waals surface area contributed by atoms with Gasteiger partial charge in [0.05, 0.1) is 0 Å². The van der Waals surface area contributed by atoms with Gasteiger partial charge in [-0.15, -0.1) is 0 Å². The molecule has 4 nitrogen and oxygen atoms in total. The largest absolute Gasteiger partial charge is 0.334 e. The molecule has 1 heterocycles. The number of carbonyl (C=O) groups is 1. The SMILES string of the molecule is CN(Cc1cccc2cnccc12)C(=O)NCc1cccc(F)c1. The number of aromatic nitrogens is 1. The molecule has 5 heteroatoms. The zero-order valence-corrected chi connectivity index (χ0v) is 13.4. The van der Waals surface area contributed by atoms with Gasteiger partial charge in [0, 0.05) is 37.9 Å². The molecule has 0 radical (unpaired) electrons. The van der Waals surface area contributed by atoms with Crippen molar-refractivity contribution in [3.8, 4) is 0 Å². The molecule has 0 fully saturated rings. The van der Waals surface area contributed by atoms with Crippen molar-refractivity contribution in [3.05, 3.63) is 77.9 Å². The van der Waals surface area contributed by atoms with Crippen LogP contribution in [0, 0.1) is 5.82 Å². The maximum absolute atomic E-state index is 13.2. The van der Waals surface area contributed by atoms with Crippen LogP contribution in [0.25, 0.3) is 10.8 Å². The summed E-state index contributed by atoms with van der Waals surface area (Å²) in [6, 6.07) is 13.9. The summed E-state index contributed by atoms with van der Waals surface area (Å²) in [4.78, 5) is 18.0. The third-order valence-electron chi connectivity index (χ3n) is 3.86. The number of hydrogen-bond donors (Lipinski definition) is 1. The number of fused-ring (bicyclic) bond motifs is 1. The van der Waals surface area contributed by atoms with Crippen LogP contribution in [-0.4, -0.2) is 23.0 Å². The fourth-order valence-corrected chi connectivity index (χ4v) is 2.61. The fourth-order valence-electron chi connectivity index (χ4n) is 2.61. The first-order valence-corrected chi connectivity index (χ1v) is 7.68. The summed E-state index contributed by atoms with van der Waals surface area (Å²) in [5.74, 6) is -0.306. The summed E-state index contributed by atoms with van der Waals surface area (Å²) in [5, 5.41) is 4.93. The lowest BCUT2D eigenvalue weighted by atomic mass is 10.1. The number of hydrogen-bond acceptors (Lipinski definition) is 2. The Hall–Kier alpha value is -2.95. The quantitative estimate of drug-likeness (QED) is 0.795. The Balaban J connectivity index is 1.65. The Bertz CT molecular complexity index is 861. The highest BCUT2D eigenvalue weighted by Crippen LogP contribution is 2.18. The topological polar surface area (TPSA) is 45.2 Å². The molecule has 3 aromatic rings. The average molecular weight is 323 g/mol. The molecule has 0 saturated heterocycles. The summed E-state index contributed by atoms with van der Waals surface area (Å²) < 4.78 is 13.2. The van der Waals surface area contributed by atoms with Gasteiger partial charge < -0.3 is 10.2 Å². The van der Waals surface area contributed by atoms with Gasteiger partial charge in [-0.1, -0.05) is 30.3 Å². The smallest absolute Gasteiger partial charge is 0.317 e. The van der Waals surface area contributed by atoms with Gasteiger partial charge in [-0.25, -0.2) is 9.18 Å². The van der Waals surface area contributed by atoms with E-state index in [0.29, 0.717) is 13.1 Å². The summed E-state index contributed by atoms with van der Waals surface area (Å²) in [6.07, 6.45) is 3.55. The second-order valence-electron chi connectivity index (χ2n) is 5.66. The van der Waals surface area contributed by atoms with Gasteiger partial charge in [0.1, 0.15) is 5.82 Å². The average Bonchev–Trinajstić information content (AvgIpc) is 2.60. The number of carbonyl (C=O) groups excluding carboxylic acids is 1. The first kappa shape index (κ1) is 15.9. The van der Waals surface area contributed by atoms with Gasteiger partial charge in [0.2, 0.25) is 0 Å². The van der Waals surface area contributed by atoms with Crippen molar-refractivity contribution in [3.63, 3.8) is 0 Å². The van der Waals surface area contributed by atoms with Gasteiger partial charge in [-0.3, -0.25) is 4.98 Å². The highest BCUT2D eigenvalue weighted by Gasteiger charge is 2.10. The molecule has 2 aromatic carbocycles. The molecule has 1 aromatic heterocycles. The summed E-state index contributed by atoms with van der Waals surface area (Å²) in [5.41, 5.74) is 1.78. The van der Waals surface area contributed by atoms with Crippen molar-refractivity contribution in [1.82, 2.24) is 15.2 Å². The Labute approximate surface area is 139 Å². The normalized spacial score (nSPS) is 10.6. The van der Waals surface area contributed by atoms with E-state index in [9.17, 15) is 9.18 Å². The maximum atomic E-state index is 13.2. The zero-order chi connectivity index (χ0) is 16.9. The van der Waals surface area contributed by atoms with E-state index < -0.39 is 0 Å². The molecule has 0 saturated carbocycles. The van der Waals surface area contributed by atoms with Gasteiger partial charge in [0.15, 0.2) is 0 Å². The van der Waals surface area contributed by atoms with Crippen molar-refractivity contribution in [2.24, 2.45) is 0 Å². The Morgan fingerprint density at radius 3 is 2.88 bits per heavy atom. The predicted octanol–water partition coefficient (Wildman–Crippen LogP) is 3.72. The van der Waals surface area contributed by atoms with Gasteiger partial charge in [-0.05, 0) is 34.7 Å². The molecule has 122 valence electrons. The molecule has 0 bridgehead atoms. The zero-order valence-electron chi connectivity index (χ0n) is 13.4. The molecule has 2 amide bonds. The van der Waals surface area contributed by atoms with Crippen molar-refractivity contribution in [1.29, 1.82) is 0 Å². The fraction of sp³-hybridized carbons (Fsp3) is 0.158. The summed E-state index contributed by atoms with van der Waals surface area (Å²) >= 11 is 0. The molecule has 0 atom stereocenters. The molecular weight excluding hydrogens is 305 g/mol. The lowest BCUT2D eigenvalue weighted by Gasteiger charge is -2.19. The molecule has 3 rings (SSSR count). The van der Waals surface area contributed by atoms with Gasteiger partial charge in [-0.2, -0.15) is 0 Å². The van der Waals surface area contributed by atoms with E-state index in [-0.39, 0.29) is 11.8 Å². The second-order valence-corrected chi connectivity index (χ2v) is 5.66. The van der Waals surface area contributed by atoms with Gasteiger partial charge >= 0.3 is 6.03 Å². The minimum Gasteiger partial charge on any atom is -0.334 e. The van der Waals surface area contributed by atoms with Crippen molar-refractivity contribution >= 4 is 16.8 Å². The van der Waals surface area contributed by atoms with Crippen LogP contribution in [0.5, 0.6) is 0 Å². The van der Waals surface area contributed by atoms with Crippen molar-refractivity contribution in [2.75, 3.05) is 7.05 Å². The van der Waals surface area contributed by atoms with Gasteiger partial charge in [0.25, 0.3) is 0 Å². The van der Waals surface area contributed by atoms with Crippen LogP contribution >= 0.6 is 0 Å². The standard InChI is InChI=1S/C19H18FN3O/c1-23(19(24)22-11-14-4-2-7-17(20)10-14)13-16-6-3-5-15-12-21-9-8-18(15)16/h2-10,12H,11,13H2,1H3,(H,22,24). The molecule has 0 aliphatic carbocycles. The van der Waals surface area contributed by atoms with E-state index in [1.54, 1.807) is 30.3 Å². The Morgan fingerprint density at radius 1 is 1.21 bits per heavy atom. The Morgan fingerprint density at radius 2 is 2.04 bits per heavy atom. The predicted molar refractivity (Wildman–Crippen MR) is 91.8 cm³/mol. The third kappa shape index (κ3) is 3.68. The number of halogens is 1. The van der Waals surface area contributed by atoms with Crippen molar-refractivity contribution < 1.29 is 9.18 Å². The highest BCUT2D eigenvalue weighted by molar-refractivity contribution is 5.85. The minimum absolute atomic E-state index is 0.203. The molecule has 0 aliphatic rings. The van der Waals surface area contributed by atoms with Crippen LogP contribution in [0.1, 0.15) is 11.1 Å². The molecule has 24 heavy (non-hydrogen) atoms. The lowest BCUT2D eigenvalue weighted by Crippen LogP contribution is -2.36. The van der Waals surface area contributed by atoms with E-state index in [1.807, 2.05) is 30.5 Å². The molecule has 0 unspecified atom stereocenters. The van der Waals surface area contributed by atoms with Crippen LogP contribution < -0.4 is 5.32 Å². The molecule has 1 N–H and O–H groups in total. The first-order chi connectivity index (χ1) is 11.6. The third-order valence-corrected chi connectivity index (χ3v) is 3.86. The molecular formula is C19H18FN3O. The first-order valence-electron chi connectivity index (χ1n) is 7.68. The number of nitrogens with one attached hydrogen (secondary N) is 1. The van der Waals surface area contributed by atoms with Crippen LogP contribution in [0.15, 0.2) is 60.9 Å². The van der Waals surface area contributed by atoms with Crippen LogP contribution in [-0.2, 0) is 13.1 Å². The second kappa shape index (κ2) is 7.08. The van der Waals surface area contributed by atoms with E-state index in [4.69, 9.17) is 0 Å². The van der Waals surface area contributed by atoms with Crippen molar-refractivity contribution in [2.45, 2.75) is 13.1 Å². The molecule has 0 aliphatic heterocycles. The van der Waals surface area contributed by atoms with E-state index in [1.165, 1.54) is 12.1 Å². The summed E-state index contributed by atoms with van der Waals surface area (Å²) in [6.45, 7) is 0.775. The number of rotatable bonds is 4. The lowest BCUT2D eigenvalue weighted by molar-refractivity contribution is 0.206.